The van der Waals surface area contributed by atoms with Gasteiger partial charge in [-0.05, 0) is 43.9 Å². The molecule has 1 aromatic carbocycles. The maximum absolute atomic E-state index is 11.5. The summed E-state index contributed by atoms with van der Waals surface area (Å²) in [6.07, 6.45) is 3.15. The lowest BCUT2D eigenvalue weighted by Crippen LogP contribution is -2.26. The van der Waals surface area contributed by atoms with Crippen molar-refractivity contribution in [2.45, 2.75) is 38.6 Å². The third-order valence-corrected chi connectivity index (χ3v) is 2.95. The van der Waals surface area contributed by atoms with E-state index in [0.29, 0.717) is 13.0 Å². The predicted molar refractivity (Wildman–Crippen MR) is 84.5 cm³/mol. The normalized spacial score (nSPS) is 11.3. The summed E-state index contributed by atoms with van der Waals surface area (Å²) in [7, 11) is 1.66. The van der Waals surface area contributed by atoms with Gasteiger partial charge >= 0.3 is 0 Å². The van der Waals surface area contributed by atoms with Gasteiger partial charge < -0.3 is 15.8 Å². The summed E-state index contributed by atoms with van der Waals surface area (Å²) in [5.41, 5.74) is 6.86. The summed E-state index contributed by atoms with van der Waals surface area (Å²) in [5.74, 6) is 0.958. The first-order chi connectivity index (χ1) is 9.11. The quantitative estimate of drug-likeness (QED) is 0.724. The van der Waals surface area contributed by atoms with Gasteiger partial charge in [0.1, 0.15) is 5.75 Å². The maximum atomic E-state index is 11.5. The second-order valence-electron chi connectivity index (χ2n) is 4.82. The maximum Gasteiger partial charge on any atom is 0.220 e. The van der Waals surface area contributed by atoms with Gasteiger partial charge in [-0.25, -0.2) is 0 Å². The smallest absolute Gasteiger partial charge is 0.220 e. The molecule has 0 saturated heterocycles. The topological polar surface area (TPSA) is 64.3 Å². The van der Waals surface area contributed by atoms with Crippen LogP contribution >= 0.6 is 12.4 Å². The molecule has 0 radical (unpaired) electrons. The van der Waals surface area contributed by atoms with Gasteiger partial charge in [-0.3, -0.25) is 4.79 Å². The molecule has 0 fully saturated rings. The van der Waals surface area contributed by atoms with Crippen LogP contribution in [-0.4, -0.2) is 25.6 Å². The number of hydrogen-bond acceptors (Lipinski definition) is 3. The molecule has 0 aliphatic carbocycles. The van der Waals surface area contributed by atoms with E-state index in [1.54, 1.807) is 7.11 Å². The van der Waals surface area contributed by atoms with Gasteiger partial charge in [0.2, 0.25) is 5.91 Å². The Morgan fingerprint density at radius 1 is 1.35 bits per heavy atom. The highest BCUT2D eigenvalue weighted by atomic mass is 35.5. The monoisotopic (exact) mass is 300 g/mol. The molecule has 5 heteroatoms. The van der Waals surface area contributed by atoms with Crippen molar-refractivity contribution in [3.8, 4) is 5.75 Å². The fraction of sp³-hybridized carbons (Fsp3) is 0.533. The van der Waals surface area contributed by atoms with Crippen LogP contribution in [-0.2, 0) is 11.2 Å². The minimum absolute atomic E-state index is 0. The Morgan fingerprint density at radius 2 is 2.00 bits per heavy atom. The van der Waals surface area contributed by atoms with Crippen molar-refractivity contribution in [1.29, 1.82) is 0 Å². The molecule has 0 bridgehead atoms. The van der Waals surface area contributed by atoms with Crippen LogP contribution < -0.4 is 15.8 Å². The molecule has 0 aliphatic heterocycles. The van der Waals surface area contributed by atoms with E-state index >= 15 is 0 Å². The zero-order valence-corrected chi connectivity index (χ0v) is 13.0. The van der Waals surface area contributed by atoms with Gasteiger partial charge in [0.15, 0.2) is 0 Å². The lowest BCUT2D eigenvalue weighted by atomic mass is 10.1. The van der Waals surface area contributed by atoms with Crippen molar-refractivity contribution in [3.63, 3.8) is 0 Å². The molecule has 1 rings (SSSR count). The number of aryl methyl sites for hydroxylation is 1. The number of halogens is 1. The Balaban J connectivity index is 0.00000361. The molecule has 0 spiro atoms. The molecule has 1 amide bonds. The number of benzene rings is 1. The van der Waals surface area contributed by atoms with E-state index in [1.165, 1.54) is 5.56 Å². The molecule has 0 aromatic heterocycles. The Kier molecular flexibility index (Phi) is 9.86. The fourth-order valence-corrected chi connectivity index (χ4v) is 1.76. The number of nitrogens with two attached hydrogens (primary N) is 1. The van der Waals surface area contributed by atoms with E-state index in [4.69, 9.17) is 10.5 Å². The van der Waals surface area contributed by atoms with Crippen LogP contribution in [0.25, 0.3) is 0 Å². The van der Waals surface area contributed by atoms with E-state index in [-0.39, 0.29) is 24.4 Å². The predicted octanol–water partition coefficient (Wildman–Crippen LogP) is 2.29. The molecule has 114 valence electrons. The van der Waals surface area contributed by atoms with Crippen LogP contribution in [0.1, 0.15) is 31.7 Å². The van der Waals surface area contributed by atoms with Crippen LogP contribution in [0, 0.1) is 0 Å². The zero-order valence-electron chi connectivity index (χ0n) is 12.2. The van der Waals surface area contributed by atoms with E-state index < -0.39 is 0 Å². The molecule has 4 nitrogen and oxygen atoms in total. The highest BCUT2D eigenvalue weighted by Crippen LogP contribution is 2.12. The van der Waals surface area contributed by atoms with Gasteiger partial charge in [-0.15, -0.1) is 12.4 Å². The molecule has 1 aromatic rings. The Labute approximate surface area is 127 Å². The molecule has 20 heavy (non-hydrogen) atoms. The molecule has 1 atom stereocenters. The van der Waals surface area contributed by atoms with E-state index in [1.807, 2.05) is 19.1 Å². The molecular weight excluding hydrogens is 276 g/mol. The summed E-state index contributed by atoms with van der Waals surface area (Å²) in [5, 5.41) is 2.91. The fourth-order valence-electron chi connectivity index (χ4n) is 1.76. The standard InChI is InChI=1S/C15H24N2O2.ClH/c1-12(16)5-10-15(18)17-11-3-4-13-6-8-14(19-2)9-7-13;/h6-9,12H,3-5,10-11,16H2,1-2H3,(H,17,18);1H. The average molecular weight is 301 g/mol. The van der Waals surface area contributed by atoms with E-state index in [0.717, 1.165) is 25.0 Å². The SMILES string of the molecule is COc1ccc(CCCNC(=O)CCC(C)N)cc1.Cl. The van der Waals surface area contributed by atoms with Crippen molar-refractivity contribution >= 4 is 18.3 Å². The van der Waals surface area contributed by atoms with Gasteiger partial charge in [0.25, 0.3) is 0 Å². The number of ether oxygens (including phenoxy) is 1. The molecule has 1 unspecified atom stereocenters. The Hall–Kier alpha value is -1.26. The molecule has 3 N–H and O–H groups in total. The van der Waals surface area contributed by atoms with Gasteiger partial charge in [0.05, 0.1) is 7.11 Å². The van der Waals surface area contributed by atoms with Crippen molar-refractivity contribution in [1.82, 2.24) is 5.32 Å². The number of carbonyl (C=O) groups is 1. The Bertz CT molecular complexity index is 380. The molecular formula is C15H25ClN2O2. The van der Waals surface area contributed by atoms with Gasteiger partial charge in [-0.2, -0.15) is 0 Å². The number of carbonyl (C=O) groups excluding carboxylic acids is 1. The molecule has 0 saturated carbocycles. The third kappa shape index (κ3) is 8.02. The van der Waals surface area contributed by atoms with Crippen molar-refractivity contribution in [3.05, 3.63) is 29.8 Å². The van der Waals surface area contributed by atoms with Crippen molar-refractivity contribution in [2.24, 2.45) is 5.73 Å². The number of rotatable bonds is 8. The Morgan fingerprint density at radius 3 is 2.55 bits per heavy atom. The largest absolute Gasteiger partial charge is 0.497 e. The second kappa shape index (κ2) is 10.5. The number of amides is 1. The van der Waals surface area contributed by atoms with Crippen LogP contribution in [0.3, 0.4) is 0 Å². The lowest BCUT2D eigenvalue weighted by molar-refractivity contribution is -0.121. The highest BCUT2D eigenvalue weighted by Gasteiger charge is 2.02. The van der Waals surface area contributed by atoms with Crippen LogP contribution in [0.2, 0.25) is 0 Å². The van der Waals surface area contributed by atoms with Crippen LogP contribution in [0.15, 0.2) is 24.3 Å². The van der Waals surface area contributed by atoms with Crippen molar-refractivity contribution < 1.29 is 9.53 Å². The second-order valence-corrected chi connectivity index (χ2v) is 4.82. The number of methoxy groups -OCH3 is 1. The van der Waals surface area contributed by atoms with E-state index in [9.17, 15) is 4.79 Å². The van der Waals surface area contributed by atoms with Crippen LogP contribution in [0.5, 0.6) is 5.75 Å². The van der Waals surface area contributed by atoms with E-state index in [2.05, 4.69) is 17.4 Å². The first-order valence-corrected chi connectivity index (χ1v) is 6.77. The van der Waals surface area contributed by atoms with Gasteiger partial charge in [0, 0.05) is 19.0 Å². The number of nitrogens with one attached hydrogen (secondary N) is 1. The highest BCUT2D eigenvalue weighted by molar-refractivity contribution is 5.85. The zero-order chi connectivity index (χ0) is 14.1. The minimum atomic E-state index is 0. The summed E-state index contributed by atoms with van der Waals surface area (Å²) < 4.78 is 5.11. The summed E-state index contributed by atoms with van der Waals surface area (Å²) in [6.45, 7) is 2.63. The number of hydrogen-bond donors (Lipinski definition) is 2. The van der Waals surface area contributed by atoms with Crippen LogP contribution in [0.4, 0.5) is 0 Å². The summed E-state index contributed by atoms with van der Waals surface area (Å²) in [4.78, 5) is 11.5. The third-order valence-electron chi connectivity index (χ3n) is 2.95. The summed E-state index contributed by atoms with van der Waals surface area (Å²) >= 11 is 0. The first kappa shape index (κ1) is 18.7. The molecule has 0 aliphatic rings. The summed E-state index contributed by atoms with van der Waals surface area (Å²) in [6, 6.07) is 8.10. The lowest BCUT2D eigenvalue weighted by Gasteiger charge is -2.07. The molecule has 0 heterocycles. The first-order valence-electron chi connectivity index (χ1n) is 6.77. The average Bonchev–Trinajstić information content (AvgIpc) is 2.42. The van der Waals surface area contributed by atoms with Crippen molar-refractivity contribution in [2.75, 3.05) is 13.7 Å². The van der Waals surface area contributed by atoms with Gasteiger partial charge in [-0.1, -0.05) is 12.1 Å². The minimum Gasteiger partial charge on any atom is -0.497 e.